The predicted octanol–water partition coefficient (Wildman–Crippen LogP) is 0.702. The Morgan fingerprint density at radius 2 is 2.33 bits per heavy atom. The quantitative estimate of drug-likeness (QED) is 0.649. The molecule has 0 atom stereocenters. The predicted molar refractivity (Wildman–Crippen MR) is 44.5 cm³/mol. The molecule has 0 aliphatic heterocycles. The molecule has 0 spiro atoms. The third kappa shape index (κ3) is 2.22. The number of nitrogens with one attached hydrogen (secondary N) is 1. The lowest BCUT2D eigenvalue weighted by molar-refractivity contribution is -0.111. The maximum atomic E-state index is 10.6. The van der Waals surface area contributed by atoms with E-state index in [0.29, 0.717) is 0 Å². The van der Waals surface area contributed by atoms with Crippen molar-refractivity contribution >= 4 is 23.3 Å². The molecule has 60 valence electrons. The summed E-state index contributed by atoms with van der Waals surface area (Å²) in [6.07, 6.45) is 4.81. The van der Waals surface area contributed by atoms with E-state index < -0.39 is 5.91 Å². The first kappa shape index (κ1) is 8.50. The fourth-order valence-corrected chi connectivity index (χ4v) is 0.636. The summed E-state index contributed by atoms with van der Waals surface area (Å²) >= 11 is 5.46. The van der Waals surface area contributed by atoms with E-state index in [1.807, 2.05) is 5.92 Å². The minimum Gasteiger partial charge on any atom is -0.298 e. The average Bonchev–Trinajstić information content (AvgIpc) is 2.09. The molecule has 0 aliphatic carbocycles. The Balaban J connectivity index is 2.73. The van der Waals surface area contributed by atoms with E-state index in [1.165, 1.54) is 12.1 Å². The summed E-state index contributed by atoms with van der Waals surface area (Å²) in [5.41, 5.74) is 0. The fourth-order valence-electron chi connectivity index (χ4n) is 0.535. The maximum absolute atomic E-state index is 10.6. The van der Waals surface area contributed by atoms with Crippen molar-refractivity contribution in [2.45, 2.75) is 0 Å². The van der Waals surface area contributed by atoms with E-state index >= 15 is 0 Å². The summed E-state index contributed by atoms with van der Waals surface area (Å²) in [5.74, 6) is 1.59. The largest absolute Gasteiger partial charge is 0.301 e. The number of aromatic nitrogens is 2. The normalized spacial score (nSPS) is 8.67. The van der Waals surface area contributed by atoms with Gasteiger partial charge in [0, 0.05) is 0 Å². The number of rotatable bonds is 1. The minimum absolute atomic E-state index is 0.258. The number of amides is 1. The molecule has 0 saturated carbocycles. The molecule has 12 heavy (non-hydrogen) atoms. The molecule has 1 aromatic heterocycles. The second-order valence-corrected chi connectivity index (χ2v) is 2.23. The average molecular weight is 182 g/mol. The van der Waals surface area contributed by atoms with Crippen LogP contribution in [0.3, 0.4) is 0 Å². The zero-order valence-electron chi connectivity index (χ0n) is 5.91. The Morgan fingerprint density at radius 3 is 2.83 bits per heavy atom. The molecular formula is C7H4ClN3O. The number of hydrogen-bond acceptors (Lipinski definition) is 3. The van der Waals surface area contributed by atoms with Gasteiger partial charge in [0.15, 0.2) is 11.0 Å². The molecule has 0 aromatic carbocycles. The van der Waals surface area contributed by atoms with Gasteiger partial charge in [0.1, 0.15) is 0 Å². The van der Waals surface area contributed by atoms with Crippen molar-refractivity contribution in [2.75, 3.05) is 5.32 Å². The molecule has 1 rings (SSSR count). The van der Waals surface area contributed by atoms with Crippen molar-refractivity contribution in [3.05, 3.63) is 17.3 Å². The number of halogens is 1. The minimum atomic E-state index is -0.563. The van der Waals surface area contributed by atoms with Crippen LogP contribution < -0.4 is 5.32 Å². The summed E-state index contributed by atoms with van der Waals surface area (Å²) in [6.45, 7) is 0. The van der Waals surface area contributed by atoms with E-state index in [1.54, 1.807) is 0 Å². The molecule has 0 saturated heterocycles. The number of nitrogens with zero attached hydrogens (tertiary/aromatic N) is 2. The summed E-state index contributed by atoms with van der Waals surface area (Å²) in [4.78, 5) is 10.6. The zero-order valence-corrected chi connectivity index (χ0v) is 6.67. The first-order valence-corrected chi connectivity index (χ1v) is 3.37. The molecule has 1 aromatic rings. The summed E-state index contributed by atoms with van der Waals surface area (Å²) in [7, 11) is 0. The van der Waals surface area contributed by atoms with E-state index in [0.717, 1.165) is 0 Å². The molecule has 0 unspecified atom stereocenters. The van der Waals surface area contributed by atoms with Crippen molar-refractivity contribution in [3.8, 4) is 12.3 Å². The third-order valence-electron chi connectivity index (χ3n) is 1.00. The Labute approximate surface area is 73.9 Å². The highest BCUT2D eigenvalue weighted by Gasteiger charge is 1.98. The van der Waals surface area contributed by atoms with Gasteiger partial charge < -0.3 is 0 Å². The first-order chi connectivity index (χ1) is 5.72. The molecule has 5 heteroatoms. The van der Waals surface area contributed by atoms with Crippen LogP contribution in [0.15, 0.2) is 12.1 Å². The molecule has 0 fully saturated rings. The molecule has 0 bridgehead atoms. The highest BCUT2D eigenvalue weighted by molar-refractivity contribution is 6.29. The summed E-state index contributed by atoms with van der Waals surface area (Å²) in [6, 6.07) is 3.01. The van der Waals surface area contributed by atoms with Crippen LogP contribution in [0.25, 0.3) is 0 Å². The van der Waals surface area contributed by atoms with Crippen LogP contribution >= 0.6 is 11.6 Å². The van der Waals surface area contributed by atoms with Crippen molar-refractivity contribution in [1.29, 1.82) is 0 Å². The van der Waals surface area contributed by atoms with Gasteiger partial charge in [-0.25, -0.2) is 0 Å². The number of hydrogen-bond donors (Lipinski definition) is 1. The van der Waals surface area contributed by atoms with Crippen LogP contribution in [-0.4, -0.2) is 16.1 Å². The van der Waals surface area contributed by atoms with Gasteiger partial charge in [-0.2, -0.15) is 0 Å². The number of carbonyl (C=O) groups excluding carboxylic acids is 1. The van der Waals surface area contributed by atoms with Crippen molar-refractivity contribution in [1.82, 2.24) is 10.2 Å². The number of anilines is 1. The van der Waals surface area contributed by atoms with Crippen LogP contribution in [-0.2, 0) is 4.79 Å². The van der Waals surface area contributed by atoms with Crippen LogP contribution in [0, 0.1) is 12.3 Å². The van der Waals surface area contributed by atoms with Crippen molar-refractivity contribution in [2.24, 2.45) is 0 Å². The second kappa shape index (κ2) is 3.69. The van der Waals surface area contributed by atoms with Crippen molar-refractivity contribution < 1.29 is 4.79 Å². The SMILES string of the molecule is C#CC(=O)Nc1ccc(Cl)nn1. The van der Waals surface area contributed by atoms with Crippen LogP contribution in [0.2, 0.25) is 5.15 Å². The van der Waals surface area contributed by atoms with Gasteiger partial charge in [0.25, 0.3) is 0 Å². The summed E-state index contributed by atoms with van der Waals surface area (Å²) < 4.78 is 0. The van der Waals surface area contributed by atoms with E-state index in [9.17, 15) is 4.79 Å². The first-order valence-electron chi connectivity index (χ1n) is 2.99. The number of carbonyl (C=O) groups is 1. The topological polar surface area (TPSA) is 54.9 Å². The van der Waals surface area contributed by atoms with E-state index in [-0.39, 0.29) is 11.0 Å². The molecule has 0 aliphatic rings. The van der Waals surface area contributed by atoms with Gasteiger partial charge in [-0.05, 0) is 18.1 Å². The lowest BCUT2D eigenvalue weighted by atomic mass is 10.5. The monoisotopic (exact) mass is 181 g/mol. The van der Waals surface area contributed by atoms with E-state index in [4.69, 9.17) is 18.0 Å². The Bertz CT molecular complexity index is 327. The lowest BCUT2D eigenvalue weighted by Crippen LogP contribution is -2.09. The van der Waals surface area contributed by atoms with Gasteiger partial charge >= 0.3 is 5.91 Å². The van der Waals surface area contributed by atoms with Crippen LogP contribution in [0.5, 0.6) is 0 Å². The molecule has 1 heterocycles. The molecule has 1 N–H and O–H groups in total. The smallest absolute Gasteiger partial charge is 0.298 e. The molecule has 4 nitrogen and oxygen atoms in total. The second-order valence-electron chi connectivity index (χ2n) is 1.84. The Morgan fingerprint density at radius 1 is 1.58 bits per heavy atom. The Kier molecular flexibility index (Phi) is 2.62. The lowest BCUT2D eigenvalue weighted by Gasteiger charge is -1.96. The standard InChI is InChI=1S/C7H4ClN3O/c1-2-7(12)9-6-4-3-5(8)10-11-6/h1,3-4H,(H,9,11,12). The fraction of sp³-hybridized carbons (Fsp3) is 0. The van der Waals surface area contributed by atoms with Gasteiger partial charge in [-0.1, -0.05) is 11.6 Å². The zero-order chi connectivity index (χ0) is 8.97. The number of terminal acetylenes is 1. The van der Waals surface area contributed by atoms with Crippen LogP contribution in [0.1, 0.15) is 0 Å². The van der Waals surface area contributed by atoms with Gasteiger partial charge in [-0.15, -0.1) is 16.6 Å². The Hall–Kier alpha value is -1.60. The van der Waals surface area contributed by atoms with Gasteiger partial charge in [-0.3, -0.25) is 10.1 Å². The molecule has 1 amide bonds. The molecule has 0 radical (unpaired) electrons. The third-order valence-corrected chi connectivity index (χ3v) is 1.21. The van der Waals surface area contributed by atoms with E-state index in [2.05, 4.69) is 15.5 Å². The van der Waals surface area contributed by atoms with Gasteiger partial charge in [0.05, 0.1) is 0 Å². The maximum Gasteiger partial charge on any atom is 0.301 e. The van der Waals surface area contributed by atoms with Gasteiger partial charge in [0.2, 0.25) is 0 Å². The highest BCUT2D eigenvalue weighted by atomic mass is 35.5. The van der Waals surface area contributed by atoms with Crippen molar-refractivity contribution in [3.63, 3.8) is 0 Å². The summed E-state index contributed by atoms with van der Waals surface area (Å²) in [5, 5.41) is 9.62. The highest BCUT2D eigenvalue weighted by Crippen LogP contribution is 2.05. The van der Waals surface area contributed by atoms with Crippen LogP contribution in [0.4, 0.5) is 5.82 Å². The molecular weight excluding hydrogens is 178 g/mol.